The molecule has 0 fully saturated rings. The smallest absolute Gasteiger partial charge is 0.253 e. The molecule has 3 N–H and O–H groups in total. The molecule has 1 aromatic carbocycles. The zero-order valence-corrected chi connectivity index (χ0v) is 12.2. The second kappa shape index (κ2) is 5.79. The van der Waals surface area contributed by atoms with Gasteiger partial charge in [0.2, 0.25) is 0 Å². The van der Waals surface area contributed by atoms with Gasteiger partial charge in [0.25, 0.3) is 5.91 Å². The summed E-state index contributed by atoms with van der Waals surface area (Å²) in [5.74, 6) is -0.488. The Hall–Kier alpha value is -1.99. The number of carbonyl (C=O) groups is 1. The van der Waals surface area contributed by atoms with Crippen molar-refractivity contribution >= 4 is 17.5 Å². The molecule has 0 unspecified atom stereocenters. The summed E-state index contributed by atoms with van der Waals surface area (Å²) < 4.78 is 13.1. The lowest BCUT2D eigenvalue weighted by Crippen LogP contribution is -2.24. The Morgan fingerprint density at radius 3 is 2.86 bits per heavy atom. The van der Waals surface area contributed by atoms with Crippen LogP contribution in [-0.4, -0.2) is 26.2 Å². The maximum absolute atomic E-state index is 13.1. The van der Waals surface area contributed by atoms with Crippen molar-refractivity contribution in [1.82, 2.24) is 20.5 Å². The zero-order valence-electron chi connectivity index (χ0n) is 11.4. The number of nitrogens with one attached hydrogen (secondary N) is 2. The number of aliphatic hydroxyl groups is 1. The van der Waals surface area contributed by atoms with Gasteiger partial charge in [-0.1, -0.05) is 11.6 Å². The summed E-state index contributed by atoms with van der Waals surface area (Å²) in [6, 6.07) is 3.54. The fourth-order valence-electron chi connectivity index (χ4n) is 1.58. The summed E-state index contributed by atoms with van der Waals surface area (Å²) in [4.78, 5) is 16.0. The van der Waals surface area contributed by atoms with Crippen LogP contribution in [0.5, 0.6) is 0 Å². The van der Waals surface area contributed by atoms with Gasteiger partial charge in [-0.25, -0.2) is 9.37 Å². The van der Waals surface area contributed by atoms with Gasteiger partial charge < -0.3 is 10.4 Å². The lowest BCUT2D eigenvalue weighted by atomic mass is 10.1. The van der Waals surface area contributed by atoms with Crippen molar-refractivity contribution < 1.29 is 14.3 Å². The number of H-pyrrole nitrogens is 1. The number of hydrogen-bond acceptors (Lipinski definition) is 4. The summed E-state index contributed by atoms with van der Waals surface area (Å²) >= 11 is 5.84. The standard InChI is InChI=1S/C13H14ClFN4O2/c1-13(2,21)12-17-10(18-19-12)6-16-11(20)8-5-7(15)3-4-9(8)14/h3-5,21H,6H2,1-2H3,(H,16,20)(H,17,18,19). The monoisotopic (exact) mass is 312 g/mol. The third-order valence-electron chi connectivity index (χ3n) is 2.67. The molecule has 0 atom stereocenters. The third-order valence-corrected chi connectivity index (χ3v) is 3.00. The minimum absolute atomic E-state index is 0.0406. The molecule has 0 saturated heterocycles. The number of aromatic nitrogens is 3. The predicted octanol–water partition coefficient (Wildman–Crippen LogP) is 1.75. The molecule has 1 aromatic heterocycles. The fraction of sp³-hybridized carbons (Fsp3) is 0.308. The number of nitrogens with zero attached hydrogens (tertiary/aromatic N) is 2. The number of aromatic amines is 1. The summed E-state index contributed by atoms with van der Waals surface area (Å²) in [5, 5.41) is 18.9. The Labute approximate surface area is 125 Å². The third kappa shape index (κ3) is 3.77. The molecule has 0 bridgehead atoms. The molecule has 0 spiro atoms. The van der Waals surface area contributed by atoms with Crippen LogP contribution in [0.3, 0.4) is 0 Å². The average Bonchev–Trinajstić information content (AvgIpc) is 2.87. The van der Waals surface area contributed by atoms with Crippen molar-refractivity contribution in [3.8, 4) is 0 Å². The topological polar surface area (TPSA) is 90.9 Å². The molecular weight excluding hydrogens is 299 g/mol. The van der Waals surface area contributed by atoms with Crippen LogP contribution in [0.1, 0.15) is 35.9 Å². The van der Waals surface area contributed by atoms with E-state index in [1.54, 1.807) is 13.8 Å². The van der Waals surface area contributed by atoms with E-state index in [0.29, 0.717) is 5.82 Å². The van der Waals surface area contributed by atoms with E-state index in [4.69, 9.17) is 11.6 Å². The van der Waals surface area contributed by atoms with Crippen LogP contribution in [-0.2, 0) is 12.1 Å². The number of carbonyl (C=O) groups excluding carboxylic acids is 1. The fourth-order valence-corrected chi connectivity index (χ4v) is 1.78. The van der Waals surface area contributed by atoms with Crippen molar-refractivity contribution in [2.45, 2.75) is 26.0 Å². The molecule has 6 nitrogen and oxygen atoms in total. The predicted molar refractivity (Wildman–Crippen MR) is 74.2 cm³/mol. The van der Waals surface area contributed by atoms with Crippen molar-refractivity contribution in [1.29, 1.82) is 0 Å². The van der Waals surface area contributed by atoms with Gasteiger partial charge in [0.1, 0.15) is 17.2 Å². The van der Waals surface area contributed by atoms with Crippen LogP contribution >= 0.6 is 11.6 Å². The minimum atomic E-state index is -1.18. The Bertz CT molecular complexity index is 666. The molecule has 2 aromatic rings. The molecule has 0 saturated carbocycles. The van der Waals surface area contributed by atoms with Gasteiger partial charge in [-0.2, -0.15) is 5.10 Å². The molecule has 0 aliphatic rings. The SMILES string of the molecule is CC(C)(O)c1n[nH]c(CNC(=O)c2cc(F)ccc2Cl)n1. The highest BCUT2D eigenvalue weighted by Gasteiger charge is 2.21. The first kappa shape index (κ1) is 15.4. The first-order valence-corrected chi connectivity index (χ1v) is 6.52. The highest BCUT2D eigenvalue weighted by atomic mass is 35.5. The van der Waals surface area contributed by atoms with Gasteiger partial charge in [0, 0.05) is 0 Å². The van der Waals surface area contributed by atoms with Gasteiger partial charge in [-0.15, -0.1) is 0 Å². The Balaban J connectivity index is 2.04. The van der Waals surface area contributed by atoms with Crippen molar-refractivity contribution in [3.05, 3.63) is 46.3 Å². The number of hydrogen-bond donors (Lipinski definition) is 3. The quantitative estimate of drug-likeness (QED) is 0.802. The Kier molecular flexibility index (Phi) is 4.24. The van der Waals surface area contributed by atoms with Crippen LogP contribution in [0.25, 0.3) is 0 Å². The van der Waals surface area contributed by atoms with E-state index in [2.05, 4.69) is 20.5 Å². The van der Waals surface area contributed by atoms with Crippen molar-refractivity contribution in [3.63, 3.8) is 0 Å². The number of amides is 1. The highest BCUT2D eigenvalue weighted by Crippen LogP contribution is 2.17. The Morgan fingerprint density at radius 1 is 1.52 bits per heavy atom. The number of benzene rings is 1. The van der Waals surface area contributed by atoms with E-state index >= 15 is 0 Å². The van der Waals surface area contributed by atoms with Gasteiger partial charge >= 0.3 is 0 Å². The second-order valence-electron chi connectivity index (χ2n) is 4.97. The largest absolute Gasteiger partial charge is 0.382 e. The van der Waals surface area contributed by atoms with Crippen LogP contribution in [0.2, 0.25) is 5.02 Å². The lowest BCUT2D eigenvalue weighted by Gasteiger charge is -2.10. The van der Waals surface area contributed by atoms with E-state index < -0.39 is 17.3 Å². The molecule has 1 amide bonds. The van der Waals surface area contributed by atoms with Crippen molar-refractivity contribution in [2.75, 3.05) is 0 Å². The molecule has 112 valence electrons. The summed E-state index contributed by atoms with van der Waals surface area (Å²) in [7, 11) is 0. The zero-order chi connectivity index (χ0) is 15.6. The second-order valence-corrected chi connectivity index (χ2v) is 5.38. The maximum Gasteiger partial charge on any atom is 0.253 e. The van der Waals surface area contributed by atoms with E-state index in [0.717, 1.165) is 6.07 Å². The molecule has 2 rings (SSSR count). The van der Waals surface area contributed by atoms with Crippen LogP contribution in [0, 0.1) is 5.82 Å². The molecular formula is C13H14ClFN4O2. The number of halogens is 2. The average molecular weight is 313 g/mol. The van der Waals surface area contributed by atoms with E-state index in [1.807, 2.05) is 0 Å². The van der Waals surface area contributed by atoms with E-state index in [-0.39, 0.29) is 23.0 Å². The molecule has 1 heterocycles. The van der Waals surface area contributed by atoms with Crippen molar-refractivity contribution in [2.24, 2.45) is 0 Å². The van der Waals surface area contributed by atoms with Crippen LogP contribution < -0.4 is 5.32 Å². The summed E-state index contributed by atoms with van der Waals surface area (Å²) in [5.41, 5.74) is -1.14. The molecule has 0 aliphatic carbocycles. The maximum atomic E-state index is 13.1. The highest BCUT2D eigenvalue weighted by molar-refractivity contribution is 6.33. The minimum Gasteiger partial charge on any atom is -0.382 e. The summed E-state index contributed by atoms with van der Waals surface area (Å²) in [6.07, 6.45) is 0. The Morgan fingerprint density at radius 2 is 2.24 bits per heavy atom. The molecule has 0 aliphatic heterocycles. The molecule has 8 heteroatoms. The summed E-state index contributed by atoms with van der Waals surface area (Å²) in [6.45, 7) is 3.14. The van der Waals surface area contributed by atoms with E-state index in [9.17, 15) is 14.3 Å². The van der Waals surface area contributed by atoms with Crippen LogP contribution in [0.15, 0.2) is 18.2 Å². The molecule has 0 radical (unpaired) electrons. The normalized spacial score (nSPS) is 11.5. The van der Waals surface area contributed by atoms with Gasteiger partial charge in [-0.05, 0) is 32.0 Å². The first-order chi connectivity index (χ1) is 9.77. The number of rotatable bonds is 4. The van der Waals surface area contributed by atoms with Crippen LogP contribution in [0.4, 0.5) is 4.39 Å². The van der Waals surface area contributed by atoms with Gasteiger partial charge in [0.15, 0.2) is 5.82 Å². The molecule has 21 heavy (non-hydrogen) atoms. The van der Waals surface area contributed by atoms with Gasteiger partial charge in [0.05, 0.1) is 17.1 Å². The first-order valence-electron chi connectivity index (χ1n) is 6.15. The van der Waals surface area contributed by atoms with E-state index in [1.165, 1.54) is 12.1 Å². The lowest BCUT2D eigenvalue weighted by molar-refractivity contribution is 0.0690. The van der Waals surface area contributed by atoms with Gasteiger partial charge in [-0.3, -0.25) is 9.89 Å².